The first-order valence-electron chi connectivity index (χ1n) is 28.7. The molecule has 0 aromatic heterocycles. The third-order valence-electron chi connectivity index (χ3n) is 15.2. The van der Waals surface area contributed by atoms with Crippen molar-refractivity contribution in [2.75, 3.05) is 20.3 Å². The largest absolute Gasteiger partial charge is 0.481 e. The highest BCUT2D eigenvalue weighted by molar-refractivity contribution is 6.00. The fraction of sp³-hybridized carbons (Fsp3) is 0.661. The third kappa shape index (κ3) is 23.0. The van der Waals surface area contributed by atoms with Gasteiger partial charge < -0.3 is 84.3 Å². The fourth-order valence-corrected chi connectivity index (χ4v) is 8.72. The molecule has 29 nitrogen and oxygen atoms in total. The Morgan fingerprint density at radius 2 is 1.05 bits per heavy atom. The van der Waals surface area contributed by atoms with E-state index in [-0.39, 0.29) is 12.8 Å². The SMILES string of the molecule is CC[C@@H](C)[C@@H](NC(=O)[C@@H](CCC(N)=O)NC(=O)[C@H](CO)NC(=O)[C@@H](NC(=O)[C@@H](Cc1ccccc1)NC)[C@@H](C)CC)C(=O)N[C@H](C(=O)N[C@@H](CO)C(=O)N[C@H]1C(=O)N[C@@H](C)C(=O)N[C@@H](CC(=O)O)C(=O)N[C@@H]([C@@H](C)CC)C(=O)O[C@H]1C)[C@@H](C)CC. The number of cyclic esters (lactones) is 1. The van der Waals surface area contributed by atoms with Crippen molar-refractivity contribution in [2.24, 2.45) is 29.4 Å². The van der Waals surface area contributed by atoms with Crippen molar-refractivity contribution in [3.63, 3.8) is 0 Å². The van der Waals surface area contributed by atoms with E-state index in [9.17, 15) is 77.6 Å². The number of carboxylic acid groups (broad SMARTS) is 1. The Balaban J connectivity index is 2.41. The summed E-state index contributed by atoms with van der Waals surface area (Å²) >= 11 is 0. The van der Waals surface area contributed by atoms with Crippen LogP contribution in [0.15, 0.2) is 30.3 Å². The first kappa shape index (κ1) is 73.3. The van der Waals surface area contributed by atoms with E-state index < -0.39 is 206 Å². The highest BCUT2D eigenvalue weighted by Gasteiger charge is 2.41. The molecule has 1 saturated heterocycles. The predicted molar refractivity (Wildman–Crippen MR) is 306 cm³/mol. The standard InChI is InChI=1S/C56H90N12O17/c1-12-27(5)41(65-48(76)35(58-11)23-33-19-17-16-18-20-33)52(80)62-37(25-69)50(78)60-34(21-22-39(57)71)47(75)64-43(29(7)14-3)54(82)66-42(28(6)13-2)53(81)63-38(26-70)51(79)68-45-32(10)85-56(84)44(30(8)15-4)67-49(77)36(24-40(72)73)61-46(74)31(9)59-55(45)83/h16-20,27-32,34-38,41-45,58,69-70H,12-15,21-26H2,1-11H3,(H2,57,71)(H,59,83)(H,60,78)(H,61,74)(H,62,80)(H,63,81)(H,64,75)(H,65,76)(H,66,82)(H,67,77)(H,68,79)(H,72,73)/t27-,28-,29+,30-,31-,32-,34+,35+,36-,37-,38-,41-,42-,43+,44-,45+/m0/s1. The number of carbonyl (C=O) groups excluding carboxylic acids is 12. The molecule has 16 atom stereocenters. The van der Waals surface area contributed by atoms with Crippen LogP contribution in [0.25, 0.3) is 0 Å². The Labute approximate surface area is 495 Å². The van der Waals surface area contributed by atoms with Crippen molar-refractivity contribution < 1.29 is 82.4 Å². The first-order valence-corrected chi connectivity index (χ1v) is 28.7. The number of nitrogens with two attached hydrogens (primary N) is 1. The van der Waals surface area contributed by atoms with Gasteiger partial charge in [-0.05, 0) is 63.0 Å². The van der Waals surface area contributed by atoms with Crippen LogP contribution in [-0.2, 0) is 73.5 Å². The number of benzene rings is 1. The van der Waals surface area contributed by atoms with Gasteiger partial charge >= 0.3 is 11.9 Å². The van der Waals surface area contributed by atoms with Gasteiger partial charge in [0.15, 0.2) is 0 Å². The molecule has 0 aliphatic carbocycles. The van der Waals surface area contributed by atoms with Gasteiger partial charge in [-0.15, -0.1) is 0 Å². The minimum absolute atomic E-state index is 0.236. The molecule has 1 aromatic rings. The normalized spacial score (nSPS) is 21.4. The molecule has 1 aliphatic heterocycles. The lowest BCUT2D eigenvalue weighted by atomic mass is 9.94. The van der Waals surface area contributed by atoms with E-state index in [1.807, 2.05) is 30.3 Å². The zero-order chi connectivity index (χ0) is 64.4. The number of esters is 1. The van der Waals surface area contributed by atoms with Crippen LogP contribution in [-0.4, -0.2) is 185 Å². The maximum atomic E-state index is 14.3. The number of nitrogens with one attached hydrogen (secondary N) is 11. The average molecular weight is 1200 g/mol. The van der Waals surface area contributed by atoms with E-state index >= 15 is 0 Å². The molecule has 476 valence electrons. The number of aliphatic hydroxyl groups excluding tert-OH is 2. The topological polar surface area (TPSA) is 450 Å². The molecule has 85 heavy (non-hydrogen) atoms. The summed E-state index contributed by atoms with van der Waals surface area (Å²) in [5.74, 6) is -15.6. The molecule has 11 amide bonds. The molecule has 1 heterocycles. The van der Waals surface area contributed by atoms with Gasteiger partial charge in [-0.25, -0.2) is 4.79 Å². The Hall–Kier alpha value is -7.79. The summed E-state index contributed by atoms with van der Waals surface area (Å²) in [7, 11) is 1.59. The monoisotopic (exact) mass is 1200 g/mol. The smallest absolute Gasteiger partial charge is 0.329 e. The van der Waals surface area contributed by atoms with Crippen molar-refractivity contribution in [2.45, 2.75) is 193 Å². The van der Waals surface area contributed by atoms with Gasteiger partial charge in [-0.3, -0.25) is 57.5 Å². The maximum Gasteiger partial charge on any atom is 0.329 e. The lowest BCUT2D eigenvalue weighted by molar-refractivity contribution is -0.157. The van der Waals surface area contributed by atoms with Crippen LogP contribution in [0.3, 0.4) is 0 Å². The quantitative estimate of drug-likeness (QED) is 0.0312. The van der Waals surface area contributed by atoms with Crippen molar-refractivity contribution in [3.05, 3.63) is 35.9 Å². The molecule has 16 N–H and O–H groups in total. The fourth-order valence-electron chi connectivity index (χ4n) is 8.72. The lowest BCUT2D eigenvalue weighted by Crippen LogP contribution is -2.63. The summed E-state index contributed by atoms with van der Waals surface area (Å²) in [6.07, 6.45) is -1.84. The van der Waals surface area contributed by atoms with Gasteiger partial charge in [0.1, 0.15) is 66.5 Å². The number of hydrogen-bond acceptors (Lipinski definition) is 17. The number of primary amides is 1. The van der Waals surface area contributed by atoms with Crippen LogP contribution in [0.4, 0.5) is 0 Å². The van der Waals surface area contributed by atoms with Crippen LogP contribution in [0.2, 0.25) is 0 Å². The average Bonchev–Trinajstić information content (AvgIpc) is 3.84. The summed E-state index contributed by atoms with van der Waals surface area (Å²) in [5, 5.41) is 57.8. The van der Waals surface area contributed by atoms with Crippen LogP contribution >= 0.6 is 0 Å². The summed E-state index contributed by atoms with van der Waals surface area (Å²) in [4.78, 5) is 176. The molecule has 0 unspecified atom stereocenters. The lowest BCUT2D eigenvalue weighted by Gasteiger charge is -2.31. The number of carboxylic acids is 1. The molecule has 0 bridgehead atoms. The van der Waals surface area contributed by atoms with Gasteiger partial charge in [0, 0.05) is 6.42 Å². The first-order chi connectivity index (χ1) is 40.0. The predicted octanol–water partition coefficient (Wildman–Crippen LogP) is -3.46. The second-order valence-corrected chi connectivity index (χ2v) is 21.6. The second-order valence-electron chi connectivity index (χ2n) is 21.6. The number of aliphatic carboxylic acids is 1. The minimum atomic E-state index is -1.86. The maximum absolute atomic E-state index is 14.3. The number of aliphatic hydroxyl groups is 2. The molecule has 1 fully saturated rings. The molecule has 1 aromatic carbocycles. The highest BCUT2D eigenvalue weighted by Crippen LogP contribution is 2.17. The van der Waals surface area contributed by atoms with Crippen LogP contribution in [0.5, 0.6) is 0 Å². The molecule has 1 aliphatic rings. The van der Waals surface area contributed by atoms with E-state index in [2.05, 4.69) is 58.5 Å². The molecule has 29 heteroatoms. The summed E-state index contributed by atoms with van der Waals surface area (Å²) < 4.78 is 5.59. The van der Waals surface area contributed by atoms with E-state index in [0.29, 0.717) is 19.3 Å². The summed E-state index contributed by atoms with van der Waals surface area (Å²) in [6.45, 7) is 13.6. The summed E-state index contributed by atoms with van der Waals surface area (Å²) in [5.41, 5.74) is 6.28. The number of carbonyl (C=O) groups is 13. The Bertz CT molecular complexity index is 2490. The zero-order valence-electron chi connectivity index (χ0n) is 50.3. The van der Waals surface area contributed by atoms with Crippen LogP contribution < -0.4 is 64.2 Å². The molecule has 2 rings (SSSR count). The van der Waals surface area contributed by atoms with Crippen molar-refractivity contribution >= 4 is 76.9 Å². The van der Waals surface area contributed by atoms with Gasteiger partial charge in [-0.2, -0.15) is 0 Å². The number of amides is 11. The summed E-state index contributed by atoms with van der Waals surface area (Å²) in [6, 6.07) is -7.28. The number of ether oxygens (including phenoxy) is 1. The van der Waals surface area contributed by atoms with Gasteiger partial charge in [0.2, 0.25) is 65.0 Å². The van der Waals surface area contributed by atoms with Gasteiger partial charge in [-0.1, -0.05) is 111 Å². The Kier molecular flexibility index (Phi) is 31.2. The number of likely N-dealkylation sites (N-methyl/N-ethyl adjacent to an activating group) is 1. The molecule has 0 spiro atoms. The van der Waals surface area contributed by atoms with Gasteiger partial charge in [0.05, 0.1) is 25.7 Å². The highest BCUT2D eigenvalue weighted by atomic mass is 16.5. The van der Waals surface area contributed by atoms with Gasteiger partial charge in [0.25, 0.3) is 0 Å². The minimum Gasteiger partial charge on any atom is -0.481 e. The molecular weight excluding hydrogens is 1110 g/mol. The number of rotatable bonds is 32. The van der Waals surface area contributed by atoms with E-state index in [1.165, 1.54) is 13.8 Å². The zero-order valence-corrected chi connectivity index (χ0v) is 50.3. The van der Waals surface area contributed by atoms with Crippen molar-refractivity contribution in [1.82, 2.24) is 58.5 Å². The van der Waals surface area contributed by atoms with E-state index in [1.54, 1.807) is 62.4 Å². The van der Waals surface area contributed by atoms with Crippen LogP contribution in [0.1, 0.15) is 120 Å². The van der Waals surface area contributed by atoms with Crippen molar-refractivity contribution in [1.29, 1.82) is 0 Å². The second kappa shape index (κ2) is 36.1. The molecular formula is C56H90N12O17. The Morgan fingerprint density at radius 3 is 1.51 bits per heavy atom. The Morgan fingerprint density at radius 1 is 0.588 bits per heavy atom. The van der Waals surface area contributed by atoms with E-state index in [4.69, 9.17) is 10.5 Å². The molecule has 0 radical (unpaired) electrons. The van der Waals surface area contributed by atoms with Crippen molar-refractivity contribution in [3.8, 4) is 0 Å². The van der Waals surface area contributed by atoms with Crippen LogP contribution in [0, 0.1) is 23.7 Å². The molecule has 0 saturated carbocycles. The number of hydrogen-bond donors (Lipinski definition) is 15. The third-order valence-corrected chi connectivity index (χ3v) is 15.2. The van der Waals surface area contributed by atoms with E-state index in [0.717, 1.165) is 5.56 Å².